The minimum absolute atomic E-state index is 0.244. The van der Waals surface area contributed by atoms with E-state index in [2.05, 4.69) is 15.4 Å². The van der Waals surface area contributed by atoms with Gasteiger partial charge < -0.3 is 11.1 Å². The van der Waals surface area contributed by atoms with Crippen LogP contribution >= 0.6 is 11.6 Å². The van der Waals surface area contributed by atoms with E-state index in [1.165, 1.54) is 18.6 Å². The van der Waals surface area contributed by atoms with Gasteiger partial charge in [0.15, 0.2) is 5.82 Å². The number of carbonyl (C=O) groups excluding carboxylic acids is 1. The number of hydrogen-bond acceptors (Lipinski definition) is 4. The summed E-state index contributed by atoms with van der Waals surface area (Å²) in [4.78, 5) is 16.3. The van der Waals surface area contributed by atoms with E-state index in [1.807, 2.05) is 16.8 Å². The van der Waals surface area contributed by atoms with E-state index in [-0.39, 0.29) is 6.04 Å². The van der Waals surface area contributed by atoms with Crippen LogP contribution in [0.3, 0.4) is 0 Å². The lowest BCUT2D eigenvalue weighted by Crippen LogP contribution is -2.27. The second kappa shape index (κ2) is 6.52. The number of carbonyl (C=O) groups is 1. The van der Waals surface area contributed by atoms with E-state index in [9.17, 15) is 4.79 Å². The fraction of sp³-hybridized carbons (Fsp3) is 0.389. The van der Waals surface area contributed by atoms with Crippen molar-refractivity contribution in [3.63, 3.8) is 0 Å². The second-order valence-electron chi connectivity index (χ2n) is 6.63. The van der Waals surface area contributed by atoms with E-state index in [0.717, 1.165) is 25.1 Å². The van der Waals surface area contributed by atoms with Crippen molar-refractivity contribution >= 4 is 34.7 Å². The molecule has 6 nitrogen and oxygen atoms in total. The molecule has 1 aliphatic carbocycles. The molecule has 3 N–H and O–H groups in total. The summed E-state index contributed by atoms with van der Waals surface area (Å²) in [6, 6.07) is 7.50. The number of nitrogens with one attached hydrogen (secondary N) is 1. The highest BCUT2D eigenvalue weighted by Gasteiger charge is 2.35. The predicted molar refractivity (Wildman–Crippen MR) is 98.8 cm³/mol. The van der Waals surface area contributed by atoms with Crippen molar-refractivity contribution in [3.05, 3.63) is 41.0 Å². The Morgan fingerprint density at radius 1 is 1.24 bits per heavy atom. The monoisotopic (exact) mass is 357 g/mol. The van der Waals surface area contributed by atoms with Gasteiger partial charge in [-0.3, -0.25) is 14.5 Å². The highest BCUT2D eigenvalue weighted by molar-refractivity contribution is 6.30. The summed E-state index contributed by atoms with van der Waals surface area (Å²) in [6.07, 6.45) is 6.34. The molecule has 2 heterocycles. The molecule has 4 rings (SSSR count). The van der Waals surface area contributed by atoms with Crippen molar-refractivity contribution in [2.24, 2.45) is 16.6 Å². The first kappa shape index (κ1) is 16.1. The quantitative estimate of drug-likeness (QED) is 0.857. The number of primary amides is 1. The van der Waals surface area contributed by atoms with Gasteiger partial charge in [-0.25, -0.2) is 0 Å². The number of aromatic nitrogens is 2. The third kappa shape index (κ3) is 3.39. The Morgan fingerprint density at radius 2 is 1.96 bits per heavy atom. The smallest absolute Gasteiger partial charge is 0.254 e. The third-order valence-corrected chi connectivity index (χ3v) is 5.19. The number of aliphatic imine (C=N–C) groups is 1. The topological polar surface area (TPSA) is 85.3 Å². The number of hydrogen-bond donors (Lipinski definition) is 2. The fourth-order valence-electron chi connectivity index (χ4n) is 3.60. The van der Waals surface area contributed by atoms with Gasteiger partial charge >= 0.3 is 0 Å². The summed E-state index contributed by atoms with van der Waals surface area (Å²) in [5.41, 5.74) is 8.06. The molecule has 1 aromatic carbocycles. The third-order valence-electron chi connectivity index (χ3n) is 4.94. The Balaban J connectivity index is 1.64. The van der Waals surface area contributed by atoms with E-state index >= 15 is 0 Å². The minimum atomic E-state index is -0.487. The van der Waals surface area contributed by atoms with Crippen LogP contribution in [-0.2, 0) is 0 Å². The van der Waals surface area contributed by atoms with Gasteiger partial charge in [0, 0.05) is 28.5 Å². The van der Waals surface area contributed by atoms with E-state index in [0.29, 0.717) is 22.3 Å². The molecule has 1 aliphatic heterocycles. The van der Waals surface area contributed by atoms with Crippen LogP contribution in [-0.4, -0.2) is 27.9 Å². The molecule has 130 valence electrons. The van der Waals surface area contributed by atoms with Gasteiger partial charge in [0.2, 0.25) is 0 Å². The Labute approximate surface area is 151 Å². The highest BCUT2D eigenvalue weighted by Crippen LogP contribution is 2.38. The first-order chi connectivity index (χ1) is 12.1. The summed E-state index contributed by atoms with van der Waals surface area (Å²) in [5.74, 6) is 0.425. The lowest BCUT2D eigenvalue weighted by atomic mass is 9.83. The maximum absolute atomic E-state index is 11.9. The molecule has 1 amide bonds. The molecule has 1 saturated carbocycles. The number of anilines is 2. The van der Waals surface area contributed by atoms with Gasteiger partial charge in [0.05, 0.1) is 12.6 Å². The molecule has 1 aromatic heterocycles. The Hall–Kier alpha value is -2.34. The molecule has 7 heteroatoms. The van der Waals surface area contributed by atoms with Crippen LogP contribution in [0.4, 0.5) is 11.5 Å². The van der Waals surface area contributed by atoms with E-state index in [4.69, 9.17) is 17.3 Å². The number of rotatable bonds is 5. The van der Waals surface area contributed by atoms with Crippen LogP contribution in [0.15, 0.2) is 35.5 Å². The SMILES string of the molecule is NC(=O)c1cn([C@H]2CCCC[C@@H]2C2=NC2)nc1Nc1ccc(Cl)cc1. The van der Waals surface area contributed by atoms with Crippen LogP contribution in [0.1, 0.15) is 42.1 Å². The number of halogens is 1. The molecule has 2 aliphatic rings. The molecule has 0 bridgehead atoms. The number of amides is 1. The maximum Gasteiger partial charge on any atom is 0.254 e. The molecule has 25 heavy (non-hydrogen) atoms. The molecule has 2 atom stereocenters. The van der Waals surface area contributed by atoms with Crippen LogP contribution in [0.5, 0.6) is 0 Å². The molecular formula is C18H20ClN5O. The molecule has 0 spiro atoms. The van der Waals surface area contributed by atoms with Gasteiger partial charge in [-0.1, -0.05) is 24.4 Å². The standard InChI is InChI=1S/C18H20ClN5O/c19-11-5-7-12(8-6-11)22-18-14(17(20)25)10-24(23-18)16-4-2-1-3-13(16)15-9-21-15/h5-8,10,13,16H,1-4,9H2,(H2,20,25)(H,22,23)/t13-,16+/m1/s1. The van der Waals surface area contributed by atoms with Crippen molar-refractivity contribution < 1.29 is 4.79 Å². The first-order valence-corrected chi connectivity index (χ1v) is 8.94. The Bertz CT molecular complexity index is 826. The summed E-state index contributed by atoms with van der Waals surface area (Å²) >= 11 is 5.92. The van der Waals surface area contributed by atoms with Gasteiger partial charge in [0.25, 0.3) is 5.91 Å². The Kier molecular flexibility index (Phi) is 4.21. The molecule has 0 radical (unpaired) electrons. The number of nitrogens with zero attached hydrogens (tertiary/aromatic N) is 3. The van der Waals surface area contributed by atoms with Gasteiger partial charge in [-0.05, 0) is 37.1 Å². The molecular weight excluding hydrogens is 338 g/mol. The Morgan fingerprint density at radius 3 is 2.64 bits per heavy atom. The van der Waals surface area contributed by atoms with Crippen LogP contribution in [0.2, 0.25) is 5.02 Å². The zero-order valence-electron chi connectivity index (χ0n) is 13.8. The lowest BCUT2D eigenvalue weighted by molar-refractivity contribution is 0.100. The zero-order chi connectivity index (χ0) is 17.4. The largest absolute Gasteiger partial charge is 0.365 e. The van der Waals surface area contributed by atoms with Gasteiger partial charge in [-0.2, -0.15) is 5.10 Å². The van der Waals surface area contributed by atoms with Crippen LogP contribution in [0, 0.1) is 5.92 Å². The highest BCUT2D eigenvalue weighted by atomic mass is 35.5. The van der Waals surface area contributed by atoms with Crippen molar-refractivity contribution in [2.45, 2.75) is 31.7 Å². The second-order valence-corrected chi connectivity index (χ2v) is 7.07. The van der Waals surface area contributed by atoms with Crippen LogP contribution < -0.4 is 11.1 Å². The van der Waals surface area contributed by atoms with Gasteiger partial charge in [0.1, 0.15) is 5.56 Å². The fourth-order valence-corrected chi connectivity index (χ4v) is 3.73. The maximum atomic E-state index is 11.9. The van der Waals surface area contributed by atoms with Crippen molar-refractivity contribution in [2.75, 3.05) is 11.9 Å². The zero-order valence-corrected chi connectivity index (χ0v) is 14.5. The molecule has 0 saturated heterocycles. The first-order valence-electron chi connectivity index (χ1n) is 8.56. The average molecular weight is 358 g/mol. The molecule has 2 aromatic rings. The van der Waals surface area contributed by atoms with Crippen molar-refractivity contribution in [1.29, 1.82) is 0 Å². The number of nitrogens with two attached hydrogens (primary N) is 1. The number of benzene rings is 1. The van der Waals surface area contributed by atoms with E-state index < -0.39 is 5.91 Å². The minimum Gasteiger partial charge on any atom is -0.365 e. The van der Waals surface area contributed by atoms with Crippen molar-refractivity contribution in [1.82, 2.24) is 9.78 Å². The predicted octanol–water partition coefficient (Wildman–Crippen LogP) is 3.56. The average Bonchev–Trinajstić information content (AvgIpc) is 3.37. The lowest BCUT2D eigenvalue weighted by Gasteiger charge is -2.29. The summed E-state index contributed by atoms with van der Waals surface area (Å²) in [6.45, 7) is 0.876. The van der Waals surface area contributed by atoms with E-state index in [1.54, 1.807) is 18.3 Å². The van der Waals surface area contributed by atoms with Crippen molar-refractivity contribution in [3.8, 4) is 0 Å². The molecule has 0 unspecified atom stereocenters. The molecule has 1 fully saturated rings. The van der Waals surface area contributed by atoms with Gasteiger partial charge in [-0.15, -0.1) is 0 Å². The normalized spacial score (nSPS) is 22.4. The summed E-state index contributed by atoms with van der Waals surface area (Å²) in [5, 5.41) is 8.48. The van der Waals surface area contributed by atoms with Crippen LogP contribution in [0.25, 0.3) is 0 Å². The summed E-state index contributed by atoms with van der Waals surface area (Å²) < 4.78 is 1.91. The summed E-state index contributed by atoms with van der Waals surface area (Å²) in [7, 11) is 0.